The van der Waals surface area contributed by atoms with Crippen LogP contribution in [-0.4, -0.2) is 31.3 Å². The summed E-state index contributed by atoms with van der Waals surface area (Å²) >= 11 is 0. The summed E-state index contributed by atoms with van der Waals surface area (Å²) in [5, 5.41) is 0. The SMILES string of the molecule is COC(=O)[C@@H]1[C@@H](N)[C@@H]2C=C[C@H]1O2. The van der Waals surface area contributed by atoms with Gasteiger partial charge in [-0.2, -0.15) is 0 Å². The first-order valence-electron chi connectivity index (χ1n) is 3.91. The highest BCUT2D eigenvalue weighted by Gasteiger charge is 2.48. The van der Waals surface area contributed by atoms with Crippen LogP contribution in [0.4, 0.5) is 0 Å². The highest BCUT2D eigenvalue weighted by molar-refractivity contribution is 5.75. The van der Waals surface area contributed by atoms with Crippen molar-refractivity contribution in [1.29, 1.82) is 0 Å². The summed E-state index contributed by atoms with van der Waals surface area (Å²) in [6, 6.07) is -0.243. The monoisotopic (exact) mass is 169 g/mol. The molecule has 0 saturated carbocycles. The number of fused-ring (bicyclic) bond motifs is 2. The van der Waals surface area contributed by atoms with Gasteiger partial charge < -0.3 is 15.2 Å². The zero-order valence-electron chi connectivity index (χ0n) is 6.77. The molecule has 0 unspecified atom stereocenters. The number of hydrogen-bond donors (Lipinski definition) is 1. The second-order valence-electron chi connectivity index (χ2n) is 3.08. The first kappa shape index (κ1) is 7.76. The van der Waals surface area contributed by atoms with Crippen LogP contribution in [0.3, 0.4) is 0 Å². The van der Waals surface area contributed by atoms with Crippen molar-refractivity contribution in [3.8, 4) is 0 Å². The van der Waals surface area contributed by atoms with E-state index in [1.54, 1.807) is 0 Å². The van der Waals surface area contributed by atoms with E-state index in [1.807, 2.05) is 12.2 Å². The molecule has 4 nitrogen and oxygen atoms in total. The lowest BCUT2D eigenvalue weighted by Crippen LogP contribution is -2.42. The van der Waals surface area contributed by atoms with Gasteiger partial charge in [-0.15, -0.1) is 0 Å². The van der Waals surface area contributed by atoms with Crippen molar-refractivity contribution in [3.05, 3.63) is 12.2 Å². The van der Waals surface area contributed by atoms with Gasteiger partial charge >= 0.3 is 5.97 Å². The third kappa shape index (κ3) is 0.884. The van der Waals surface area contributed by atoms with Crippen molar-refractivity contribution in [2.24, 2.45) is 11.7 Å². The number of rotatable bonds is 1. The maximum absolute atomic E-state index is 11.2. The lowest BCUT2D eigenvalue weighted by atomic mass is 9.90. The van der Waals surface area contributed by atoms with Crippen LogP contribution in [0.5, 0.6) is 0 Å². The van der Waals surface area contributed by atoms with Crippen molar-refractivity contribution in [1.82, 2.24) is 0 Å². The second kappa shape index (κ2) is 2.57. The van der Waals surface area contributed by atoms with Gasteiger partial charge in [0.05, 0.1) is 25.4 Å². The fourth-order valence-electron chi connectivity index (χ4n) is 1.77. The molecule has 1 fully saturated rings. The molecule has 0 aromatic carbocycles. The van der Waals surface area contributed by atoms with Crippen molar-refractivity contribution in [2.45, 2.75) is 18.2 Å². The molecule has 2 heterocycles. The Morgan fingerprint density at radius 1 is 1.50 bits per heavy atom. The number of nitrogens with two attached hydrogens (primary N) is 1. The van der Waals surface area contributed by atoms with E-state index in [0.717, 1.165) is 0 Å². The summed E-state index contributed by atoms with van der Waals surface area (Å²) in [6.07, 6.45) is 3.50. The van der Waals surface area contributed by atoms with Gasteiger partial charge in [-0.3, -0.25) is 4.79 Å². The minimum atomic E-state index is -0.315. The van der Waals surface area contributed by atoms with Crippen LogP contribution in [0.2, 0.25) is 0 Å². The van der Waals surface area contributed by atoms with Crippen molar-refractivity contribution >= 4 is 5.97 Å². The minimum Gasteiger partial charge on any atom is -0.469 e. The van der Waals surface area contributed by atoms with Crippen molar-refractivity contribution < 1.29 is 14.3 Å². The first-order chi connectivity index (χ1) is 5.74. The molecule has 0 radical (unpaired) electrons. The Morgan fingerprint density at radius 2 is 2.17 bits per heavy atom. The molecule has 0 aromatic rings. The summed E-state index contributed by atoms with van der Waals surface area (Å²) in [6.45, 7) is 0. The Kier molecular flexibility index (Phi) is 1.66. The standard InChI is InChI=1S/C8H11NO3/c1-11-8(10)6-4-2-3-5(12-4)7(6)9/h2-7H,9H2,1H3/t4-,5+,6+,7+/m1/s1. The topological polar surface area (TPSA) is 61.5 Å². The zero-order chi connectivity index (χ0) is 8.72. The van der Waals surface area contributed by atoms with Crippen LogP contribution in [0.15, 0.2) is 12.2 Å². The molecule has 12 heavy (non-hydrogen) atoms. The maximum Gasteiger partial charge on any atom is 0.313 e. The Balaban J connectivity index is 2.18. The van der Waals surface area contributed by atoms with E-state index in [0.29, 0.717) is 0 Å². The normalized spacial score (nSPS) is 43.5. The summed E-state index contributed by atoms with van der Waals surface area (Å²) in [7, 11) is 1.37. The van der Waals surface area contributed by atoms with Gasteiger partial charge in [0.15, 0.2) is 0 Å². The number of carbonyl (C=O) groups excluding carboxylic acids is 1. The second-order valence-corrected chi connectivity index (χ2v) is 3.08. The molecule has 2 aliphatic heterocycles. The highest BCUT2D eigenvalue weighted by atomic mass is 16.5. The van der Waals surface area contributed by atoms with Crippen molar-refractivity contribution in [3.63, 3.8) is 0 Å². The minimum absolute atomic E-state index is 0.0981. The van der Waals surface area contributed by atoms with Gasteiger partial charge in [-0.25, -0.2) is 0 Å². The molecule has 0 spiro atoms. The molecular formula is C8H11NO3. The summed E-state index contributed by atoms with van der Waals surface area (Å²) < 4.78 is 10.0. The van der Waals surface area contributed by atoms with Gasteiger partial charge in [-0.1, -0.05) is 12.2 Å². The molecule has 0 aromatic heterocycles. The highest BCUT2D eigenvalue weighted by Crippen LogP contribution is 2.33. The predicted molar refractivity (Wildman–Crippen MR) is 41.3 cm³/mol. The molecule has 2 N–H and O–H groups in total. The molecule has 1 saturated heterocycles. The Hall–Kier alpha value is -0.870. The average Bonchev–Trinajstić information content (AvgIpc) is 2.63. The number of carbonyl (C=O) groups is 1. The fraction of sp³-hybridized carbons (Fsp3) is 0.625. The van der Waals surface area contributed by atoms with Crippen molar-refractivity contribution in [2.75, 3.05) is 7.11 Å². The number of methoxy groups -OCH3 is 1. The molecular weight excluding hydrogens is 158 g/mol. The Morgan fingerprint density at radius 3 is 2.67 bits per heavy atom. The third-order valence-corrected chi connectivity index (χ3v) is 2.43. The molecule has 66 valence electrons. The van der Waals surface area contributed by atoms with Crippen LogP contribution >= 0.6 is 0 Å². The van der Waals surface area contributed by atoms with E-state index in [4.69, 9.17) is 10.5 Å². The van der Waals surface area contributed by atoms with Gasteiger partial charge in [-0.05, 0) is 0 Å². The zero-order valence-corrected chi connectivity index (χ0v) is 6.77. The largest absolute Gasteiger partial charge is 0.469 e. The lowest BCUT2D eigenvalue weighted by Gasteiger charge is -2.18. The van der Waals surface area contributed by atoms with E-state index in [9.17, 15) is 4.79 Å². The third-order valence-electron chi connectivity index (χ3n) is 2.43. The summed E-state index contributed by atoms with van der Waals surface area (Å²) in [5.41, 5.74) is 5.76. The van der Waals surface area contributed by atoms with Crippen LogP contribution in [0.25, 0.3) is 0 Å². The van der Waals surface area contributed by atoms with Crippen LogP contribution < -0.4 is 5.73 Å². The quantitative estimate of drug-likeness (QED) is 0.422. The maximum atomic E-state index is 11.2. The van der Waals surface area contributed by atoms with E-state index in [1.165, 1.54) is 7.11 Å². The fourth-order valence-corrected chi connectivity index (χ4v) is 1.77. The number of esters is 1. The van der Waals surface area contributed by atoms with E-state index in [-0.39, 0.29) is 30.1 Å². The molecule has 4 heteroatoms. The molecule has 0 amide bonds. The Labute approximate surface area is 70.3 Å². The van der Waals surface area contributed by atoms with Gasteiger partial charge in [0.25, 0.3) is 0 Å². The molecule has 2 aliphatic rings. The van der Waals surface area contributed by atoms with Crippen LogP contribution in [-0.2, 0) is 14.3 Å². The average molecular weight is 169 g/mol. The smallest absolute Gasteiger partial charge is 0.313 e. The molecule has 0 aliphatic carbocycles. The molecule has 2 bridgehead atoms. The lowest BCUT2D eigenvalue weighted by molar-refractivity contribution is -0.146. The summed E-state index contributed by atoms with van der Waals surface area (Å²) in [5.74, 6) is -0.593. The molecule has 2 rings (SSSR count). The van der Waals surface area contributed by atoms with Gasteiger partial charge in [0, 0.05) is 0 Å². The summed E-state index contributed by atoms with van der Waals surface area (Å²) in [4.78, 5) is 11.2. The van der Waals surface area contributed by atoms with E-state index in [2.05, 4.69) is 4.74 Å². The molecule has 4 atom stereocenters. The van der Waals surface area contributed by atoms with Gasteiger partial charge in [0.2, 0.25) is 0 Å². The van der Waals surface area contributed by atoms with Crippen LogP contribution in [0, 0.1) is 5.92 Å². The number of hydrogen-bond acceptors (Lipinski definition) is 4. The Bertz CT molecular complexity index is 238. The van der Waals surface area contributed by atoms with Crippen LogP contribution in [0.1, 0.15) is 0 Å². The first-order valence-corrected chi connectivity index (χ1v) is 3.91. The van der Waals surface area contributed by atoms with E-state index >= 15 is 0 Å². The van der Waals surface area contributed by atoms with E-state index < -0.39 is 0 Å². The van der Waals surface area contributed by atoms with Gasteiger partial charge in [0.1, 0.15) is 5.92 Å². The number of ether oxygens (including phenoxy) is 2. The predicted octanol–water partition coefficient (Wildman–Crippen LogP) is -0.560.